The van der Waals surface area contributed by atoms with Crippen LogP contribution in [-0.2, 0) is 28.2 Å². The number of imidazole rings is 1. The second kappa shape index (κ2) is 6.89. The molecule has 0 aromatic carbocycles. The van der Waals surface area contributed by atoms with Gasteiger partial charge in [-0.15, -0.1) is 0 Å². The lowest BCUT2D eigenvalue weighted by atomic mass is 10.2. The van der Waals surface area contributed by atoms with Crippen molar-refractivity contribution in [3.63, 3.8) is 0 Å². The highest BCUT2D eigenvalue weighted by Gasteiger charge is 2.42. The molecule has 1 amide bonds. The zero-order valence-corrected chi connectivity index (χ0v) is 15.2. The lowest BCUT2D eigenvalue weighted by Crippen LogP contribution is -2.28. The Morgan fingerprint density at radius 2 is 2.11 bits per heavy atom. The van der Waals surface area contributed by atoms with Gasteiger partial charge in [0, 0.05) is 7.11 Å². The Morgan fingerprint density at radius 3 is 2.70 bits per heavy atom. The van der Waals surface area contributed by atoms with Gasteiger partial charge < -0.3 is 19.7 Å². The third-order valence-corrected chi connectivity index (χ3v) is 5.02. The molecule has 3 heterocycles. The molecule has 1 fully saturated rings. The Kier molecular flexibility index (Phi) is 5.05. The van der Waals surface area contributed by atoms with E-state index in [1.54, 1.807) is 0 Å². The zero-order valence-electron chi connectivity index (χ0n) is 14.4. The molecule has 0 bridgehead atoms. The fraction of sp³-hybridized carbons (Fsp3) is 0.643. The number of carbonyl (C=O) groups excluding carboxylic acids is 1. The molecule has 1 saturated heterocycles. The number of aromatic nitrogens is 3. The van der Waals surface area contributed by atoms with Crippen LogP contribution in [0.3, 0.4) is 0 Å². The van der Waals surface area contributed by atoms with Gasteiger partial charge in [0.1, 0.15) is 6.10 Å². The van der Waals surface area contributed by atoms with Gasteiger partial charge in [-0.1, -0.05) is 24.7 Å². The third-order valence-electron chi connectivity index (χ3n) is 4.03. The van der Waals surface area contributed by atoms with E-state index in [4.69, 9.17) is 4.74 Å². The van der Waals surface area contributed by atoms with Crippen molar-refractivity contribution in [2.24, 2.45) is 0 Å². The number of amides is 1. The fourth-order valence-electron chi connectivity index (χ4n) is 2.73. The molecule has 2 aromatic rings. The lowest BCUT2D eigenvalue weighted by molar-refractivity contribution is -0.338. The number of hydrogen-bond donors (Lipinski definition) is 2. The minimum absolute atomic E-state index is 0.149. The largest absolute Gasteiger partial charge is 0.444 e. The van der Waals surface area contributed by atoms with Crippen molar-refractivity contribution in [1.82, 2.24) is 19.5 Å². The van der Waals surface area contributed by atoms with Crippen LogP contribution >= 0.6 is 11.3 Å². The molecule has 0 spiro atoms. The first kappa shape index (κ1) is 19.8. The Balaban J connectivity index is 2.00. The molecule has 1 aliphatic heterocycles. The van der Waals surface area contributed by atoms with Gasteiger partial charge >= 0.3 is 18.2 Å². The quantitative estimate of drug-likeness (QED) is 0.697. The number of cyclic esters (lactones) is 1. The number of ether oxygens (including phenoxy) is 2. The van der Waals surface area contributed by atoms with E-state index in [0.29, 0.717) is 17.8 Å². The molecule has 2 aromatic heterocycles. The predicted octanol–water partition coefficient (Wildman–Crippen LogP) is 1.67. The molecular formula is C14H17F3N4O5S. The van der Waals surface area contributed by atoms with E-state index in [0.717, 1.165) is 22.9 Å². The maximum absolute atomic E-state index is 13.4. The summed E-state index contributed by atoms with van der Waals surface area (Å²) >= 11 is 0.528. The summed E-state index contributed by atoms with van der Waals surface area (Å²) in [4.78, 5) is 16.4. The average molecular weight is 410 g/mol. The second-order valence-electron chi connectivity index (χ2n) is 5.99. The van der Waals surface area contributed by atoms with E-state index in [2.05, 4.69) is 14.8 Å². The summed E-state index contributed by atoms with van der Waals surface area (Å²) in [6.45, 7) is 1.62. The van der Waals surface area contributed by atoms with Crippen LogP contribution in [0, 0.1) is 0 Å². The monoisotopic (exact) mass is 410 g/mol. The van der Waals surface area contributed by atoms with Crippen LogP contribution in [0.2, 0.25) is 0 Å². The van der Waals surface area contributed by atoms with Gasteiger partial charge in [-0.2, -0.15) is 18.3 Å². The zero-order chi connectivity index (χ0) is 20.0. The summed E-state index contributed by atoms with van der Waals surface area (Å²) in [6, 6.07) is 0. The number of methoxy groups -OCH3 is 1. The van der Waals surface area contributed by atoms with Crippen LogP contribution in [0.25, 0.3) is 4.96 Å². The lowest BCUT2D eigenvalue weighted by Gasteiger charge is -2.16. The third kappa shape index (κ3) is 3.72. The average Bonchev–Trinajstić information content (AvgIpc) is 3.22. The standard InChI is InChI=1S/C14H17F3N4O5S/c1-3-4-7-5-20(12(22)26-7)6-8-9(13(15,16)17)18-11-21(8)19-10(27-11)14(23,24)25-2/h7,23-24H,3-6H2,1-2H3. The second-order valence-corrected chi connectivity index (χ2v) is 6.95. The predicted molar refractivity (Wildman–Crippen MR) is 84.6 cm³/mol. The molecule has 0 aliphatic carbocycles. The van der Waals surface area contributed by atoms with Gasteiger partial charge in [0.05, 0.1) is 18.8 Å². The number of hydrogen-bond acceptors (Lipinski definition) is 8. The Bertz CT molecular complexity index is 850. The molecule has 27 heavy (non-hydrogen) atoms. The molecule has 1 atom stereocenters. The Hall–Kier alpha value is -1.96. The first-order valence-electron chi connectivity index (χ1n) is 7.98. The number of fused-ring (bicyclic) bond motifs is 1. The number of carbonyl (C=O) groups is 1. The van der Waals surface area contributed by atoms with Crippen LogP contribution in [0.5, 0.6) is 0 Å². The van der Waals surface area contributed by atoms with Crippen molar-refractivity contribution in [2.45, 2.75) is 44.6 Å². The van der Waals surface area contributed by atoms with Gasteiger partial charge in [-0.05, 0) is 6.42 Å². The number of nitrogens with zero attached hydrogens (tertiary/aromatic N) is 4. The van der Waals surface area contributed by atoms with Crippen LogP contribution in [0.15, 0.2) is 0 Å². The first-order chi connectivity index (χ1) is 12.6. The first-order valence-corrected chi connectivity index (χ1v) is 8.80. The van der Waals surface area contributed by atoms with E-state index in [1.165, 1.54) is 0 Å². The van der Waals surface area contributed by atoms with Gasteiger partial charge in [0.15, 0.2) is 5.69 Å². The van der Waals surface area contributed by atoms with Crippen LogP contribution < -0.4 is 0 Å². The minimum atomic E-state index is -4.77. The smallest absolute Gasteiger partial charge is 0.435 e. The molecule has 150 valence electrons. The highest BCUT2D eigenvalue weighted by Crippen LogP contribution is 2.35. The van der Waals surface area contributed by atoms with E-state index in [9.17, 15) is 28.2 Å². The van der Waals surface area contributed by atoms with Gasteiger partial charge in [0.2, 0.25) is 9.97 Å². The highest BCUT2D eigenvalue weighted by molar-refractivity contribution is 7.16. The van der Waals surface area contributed by atoms with E-state index >= 15 is 0 Å². The molecule has 1 unspecified atom stereocenters. The molecule has 13 heteroatoms. The topological polar surface area (TPSA) is 109 Å². The summed E-state index contributed by atoms with van der Waals surface area (Å²) in [6.07, 6.45) is -4.52. The van der Waals surface area contributed by atoms with Crippen molar-refractivity contribution in [3.8, 4) is 0 Å². The number of rotatable bonds is 6. The summed E-state index contributed by atoms with van der Waals surface area (Å²) in [5, 5.41) is 22.8. The SMILES string of the molecule is CCCC1CN(Cc2c(C(F)(F)F)nc3sc(C(O)(O)OC)nn23)C(=O)O1. The number of aliphatic hydroxyl groups is 2. The summed E-state index contributed by atoms with van der Waals surface area (Å²) in [7, 11) is 1.00. The number of halogens is 3. The van der Waals surface area contributed by atoms with Crippen molar-refractivity contribution in [3.05, 3.63) is 16.4 Å². The maximum Gasteiger partial charge on any atom is 0.435 e. The van der Waals surface area contributed by atoms with Gasteiger partial charge in [-0.25, -0.2) is 14.3 Å². The van der Waals surface area contributed by atoms with E-state index < -0.39 is 41.2 Å². The fourth-order valence-corrected chi connectivity index (χ4v) is 3.62. The Labute approximate surface area is 154 Å². The molecule has 9 nitrogen and oxygen atoms in total. The van der Waals surface area contributed by atoms with Crippen LogP contribution in [-0.4, -0.2) is 55.6 Å². The molecule has 0 saturated carbocycles. The number of alkyl halides is 3. The van der Waals surface area contributed by atoms with E-state index in [-0.39, 0.29) is 17.6 Å². The summed E-state index contributed by atoms with van der Waals surface area (Å²) in [5.41, 5.74) is -1.60. The Morgan fingerprint density at radius 1 is 1.41 bits per heavy atom. The van der Waals surface area contributed by atoms with Crippen LogP contribution in [0.1, 0.15) is 36.2 Å². The normalized spacial score (nSPS) is 18.6. The molecular weight excluding hydrogens is 393 g/mol. The highest BCUT2D eigenvalue weighted by atomic mass is 32.1. The van der Waals surface area contributed by atoms with Crippen molar-refractivity contribution in [2.75, 3.05) is 13.7 Å². The van der Waals surface area contributed by atoms with Crippen molar-refractivity contribution < 1.29 is 37.7 Å². The van der Waals surface area contributed by atoms with Crippen LogP contribution in [0.4, 0.5) is 18.0 Å². The van der Waals surface area contributed by atoms with E-state index in [1.807, 2.05) is 6.92 Å². The molecule has 0 radical (unpaired) electrons. The minimum Gasteiger partial charge on any atom is -0.444 e. The molecule has 3 rings (SSSR count). The summed E-state index contributed by atoms with van der Waals surface area (Å²) in [5.74, 6) is -2.76. The van der Waals surface area contributed by atoms with Crippen molar-refractivity contribution in [1.29, 1.82) is 0 Å². The molecule has 1 aliphatic rings. The molecule has 2 N–H and O–H groups in total. The van der Waals surface area contributed by atoms with Gasteiger partial charge in [-0.3, -0.25) is 4.90 Å². The maximum atomic E-state index is 13.4. The summed E-state index contributed by atoms with van der Waals surface area (Å²) < 4.78 is 50.6. The van der Waals surface area contributed by atoms with Crippen molar-refractivity contribution >= 4 is 22.4 Å². The van der Waals surface area contributed by atoms with Gasteiger partial charge in [0.25, 0.3) is 0 Å².